The molecule has 1 aliphatic rings. The first-order valence-corrected chi connectivity index (χ1v) is 9.25. The van der Waals surface area contributed by atoms with E-state index in [0.717, 1.165) is 10.8 Å². The third-order valence-electron chi connectivity index (χ3n) is 3.59. The Kier molecular flexibility index (Phi) is 6.29. The fourth-order valence-corrected chi connectivity index (χ4v) is 3.69. The monoisotopic (exact) mass is 354 g/mol. The molecule has 1 aromatic rings. The van der Waals surface area contributed by atoms with E-state index in [1.807, 2.05) is 6.92 Å². The minimum Gasteiger partial charge on any atom is -0.354 e. The minimum absolute atomic E-state index is 0.0707. The van der Waals surface area contributed by atoms with Crippen LogP contribution >= 0.6 is 0 Å². The van der Waals surface area contributed by atoms with Crippen LogP contribution in [0.3, 0.4) is 0 Å². The molecule has 1 aromatic carbocycles. The number of hydrogen-bond acceptors (Lipinski definition) is 5. The summed E-state index contributed by atoms with van der Waals surface area (Å²) < 4.78 is 26.1. The van der Waals surface area contributed by atoms with Gasteiger partial charge in [0.15, 0.2) is 0 Å². The lowest BCUT2D eigenvalue weighted by molar-refractivity contribution is -0.122. The van der Waals surface area contributed by atoms with Crippen LogP contribution in [0.4, 0.5) is 0 Å². The number of nitrogens with zero attached hydrogens (tertiary/aromatic N) is 1. The van der Waals surface area contributed by atoms with E-state index in [0.29, 0.717) is 25.2 Å². The largest absolute Gasteiger partial charge is 0.354 e. The summed E-state index contributed by atoms with van der Waals surface area (Å²) in [5.74, 6) is -0.573. The second kappa shape index (κ2) is 8.22. The van der Waals surface area contributed by atoms with Crippen molar-refractivity contribution < 1.29 is 18.0 Å². The quantitative estimate of drug-likeness (QED) is 0.553. The van der Waals surface area contributed by atoms with E-state index in [4.69, 9.17) is 0 Å². The number of piperazine rings is 1. The third-order valence-corrected chi connectivity index (χ3v) is 5.45. The summed E-state index contributed by atoms with van der Waals surface area (Å²) in [6, 6.07) is 5.72. The van der Waals surface area contributed by atoms with Crippen LogP contribution in [0.5, 0.6) is 0 Å². The van der Waals surface area contributed by atoms with E-state index in [2.05, 4.69) is 16.0 Å². The molecular weight excluding hydrogens is 332 g/mol. The maximum Gasteiger partial charge on any atom is 0.251 e. The van der Waals surface area contributed by atoms with E-state index in [-0.39, 0.29) is 29.8 Å². The number of amides is 2. The highest BCUT2D eigenvalue weighted by Gasteiger charge is 2.29. The average Bonchev–Trinajstić information content (AvgIpc) is 2.58. The molecule has 2 amide bonds. The summed E-state index contributed by atoms with van der Waals surface area (Å²) in [7, 11) is -3.73. The maximum absolute atomic E-state index is 12.5. The minimum atomic E-state index is -3.73. The normalized spacial score (nSPS) is 15.8. The molecule has 1 aliphatic heterocycles. The molecule has 2 rings (SSSR count). The van der Waals surface area contributed by atoms with Crippen LogP contribution < -0.4 is 16.0 Å². The number of carbonyl (C=O) groups is 2. The van der Waals surface area contributed by atoms with Gasteiger partial charge in [0, 0.05) is 31.7 Å². The van der Waals surface area contributed by atoms with Crippen molar-refractivity contribution in [1.29, 1.82) is 0 Å². The van der Waals surface area contributed by atoms with Gasteiger partial charge in [0.25, 0.3) is 5.91 Å². The molecule has 24 heavy (non-hydrogen) atoms. The second-order valence-corrected chi connectivity index (χ2v) is 7.26. The molecule has 132 valence electrons. The number of nitrogens with one attached hydrogen (secondary N) is 3. The molecule has 1 fully saturated rings. The molecule has 3 N–H and O–H groups in total. The van der Waals surface area contributed by atoms with Gasteiger partial charge >= 0.3 is 0 Å². The predicted molar refractivity (Wildman–Crippen MR) is 89.1 cm³/mol. The lowest BCUT2D eigenvalue weighted by Gasteiger charge is -2.25. The van der Waals surface area contributed by atoms with Crippen LogP contribution in [0.1, 0.15) is 17.3 Å². The van der Waals surface area contributed by atoms with Crippen molar-refractivity contribution in [3.8, 4) is 0 Å². The predicted octanol–water partition coefficient (Wildman–Crippen LogP) is -0.854. The first kappa shape index (κ1) is 18.4. The molecule has 9 heteroatoms. The fraction of sp³-hybridized carbons (Fsp3) is 0.467. The first-order valence-electron chi connectivity index (χ1n) is 7.81. The van der Waals surface area contributed by atoms with Crippen molar-refractivity contribution in [1.82, 2.24) is 20.3 Å². The first-order chi connectivity index (χ1) is 11.4. The Labute approximate surface area is 141 Å². The molecule has 0 atom stereocenters. The summed E-state index contributed by atoms with van der Waals surface area (Å²) >= 11 is 0. The van der Waals surface area contributed by atoms with Gasteiger partial charge in [-0.1, -0.05) is 6.92 Å². The van der Waals surface area contributed by atoms with E-state index in [9.17, 15) is 18.0 Å². The molecule has 0 spiro atoms. The topological polar surface area (TPSA) is 108 Å². The molecule has 0 radical (unpaired) electrons. The molecular formula is C15H22N4O4S. The average molecular weight is 354 g/mol. The third kappa shape index (κ3) is 4.53. The van der Waals surface area contributed by atoms with Crippen molar-refractivity contribution in [2.24, 2.45) is 0 Å². The summed E-state index contributed by atoms with van der Waals surface area (Å²) in [4.78, 5) is 23.4. The number of rotatable bonds is 7. The van der Waals surface area contributed by atoms with Crippen molar-refractivity contribution in [2.75, 3.05) is 39.3 Å². The summed E-state index contributed by atoms with van der Waals surface area (Å²) in [5, 5.41) is 8.42. The molecule has 0 bridgehead atoms. The molecule has 0 aliphatic carbocycles. The fourth-order valence-electron chi connectivity index (χ4n) is 2.29. The van der Waals surface area contributed by atoms with E-state index in [1.54, 1.807) is 0 Å². The van der Waals surface area contributed by atoms with Gasteiger partial charge in [-0.3, -0.25) is 9.59 Å². The number of sulfonamides is 1. The van der Waals surface area contributed by atoms with E-state index >= 15 is 0 Å². The van der Waals surface area contributed by atoms with Crippen LogP contribution in [0.2, 0.25) is 0 Å². The number of hydrogen-bond donors (Lipinski definition) is 3. The van der Waals surface area contributed by atoms with E-state index in [1.165, 1.54) is 24.3 Å². The van der Waals surface area contributed by atoms with Crippen molar-refractivity contribution in [3.63, 3.8) is 0 Å². The molecule has 1 heterocycles. The Bertz CT molecular complexity index is 688. The summed E-state index contributed by atoms with van der Waals surface area (Å²) in [5.41, 5.74) is 0.391. The van der Waals surface area contributed by atoms with Gasteiger partial charge in [-0.05, 0) is 30.8 Å². The lowest BCUT2D eigenvalue weighted by atomic mass is 10.2. The second-order valence-electron chi connectivity index (χ2n) is 5.32. The van der Waals surface area contributed by atoms with Crippen molar-refractivity contribution >= 4 is 21.8 Å². The number of benzene rings is 1. The van der Waals surface area contributed by atoms with Crippen LogP contribution in [0.25, 0.3) is 0 Å². The highest BCUT2D eigenvalue weighted by atomic mass is 32.2. The number of carbonyl (C=O) groups excluding carboxylic acids is 2. The van der Waals surface area contributed by atoms with Crippen molar-refractivity contribution in [2.45, 2.75) is 11.8 Å². The Balaban J connectivity index is 2.02. The number of likely N-dealkylation sites (N-methyl/N-ethyl adjacent to an activating group) is 1. The van der Waals surface area contributed by atoms with Crippen LogP contribution in [0.15, 0.2) is 29.2 Å². The SMILES string of the molecule is CCNCCNC(=O)c1ccc(S(=O)(=O)N2CCNC(=O)C2)cc1. The van der Waals surface area contributed by atoms with Gasteiger partial charge in [-0.2, -0.15) is 4.31 Å². The van der Waals surface area contributed by atoms with Gasteiger partial charge in [0.1, 0.15) is 0 Å². The summed E-state index contributed by atoms with van der Waals surface area (Å²) in [6.45, 7) is 4.32. The van der Waals surface area contributed by atoms with Crippen LogP contribution in [-0.4, -0.2) is 63.8 Å². The Hall–Kier alpha value is -1.97. The molecule has 8 nitrogen and oxygen atoms in total. The smallest absolute Gasteiger partial charge is 0.251 e. The van der Waals surface area contributed by atoms with Crippen LogP contribution in [-0.2, 0) is 14.8 Å². The standard InChI is InChI=1S/C15H22N4O4S/c1-2-16-7-8-18-15(21)12-3-5-13(6-4-12)24(22,23)19-10-9-17-14(20)11-19/h3-6,16H,2,7-11H2,1H3,(H,17,20)(H,18,21). The van der Waals surface area contributed by atoms with Gasteiger partial charge in [-0.25, -0.2) is 8.42 Å². The lowest BCUT2D eigenvalue weighted by Crippen LogP contribution is -2.49. The van der Waals surface area contributed by atoms with Gasteiger partial charge in [-0.15, -0.1) is 0 Å². The molecule has 0 saturated carbocycles. The maximum atomic E-state index is 12.5. The summed E-state index contributed by atoms with van der Waals surface area (Å²) in [6.07, 6.45) is 0. The molecule has 1 saturated heterocycles. The molecule has 0 aromatic heterocycles. The van der Waals surface area contributed by atoms with Gasteiger partial charge in [0.2, 0.25) is 15.9 Å². The zero-order valence-electron chi connectivity index (χ0n) is 13.5. The Morgan fingerprint density at radius 2 is 1.96 bits per heavy atom. The highest BCUT2D eigenvalue weighted by Crippen LogP contribution is 2.17. The van der Waals surface area contributed by atoms with Crippen molar-refractivity contribution in [3.05, 3.63) is 29.8 Å². The van der Waals surface area contributed by atoms with E-state index < -0.39 is 10.0 Å². The zero-order valence-corrected chi connectivity index (χ0v) is 14.4. The van der Waals surface area contributed by atoms with Crippen LogP contribution in [0, 0.1) is 0 Å². The zero-order chi connectivity index (χ0) is 17.6. The highest BCUT2D eigenvalue weighted by molar-refractivity contribution is 7.89. The Morgan fingerprint density at radius 1 is 1.25 bits per heavy atom. The van der Waals surface area contributed by atoms with Gasteiger partial charge < -0.3 is 16.0 Å². The molecule has 0 unspecified atom stereocenters. The Morgan fingerprint density at radius 3 is 2.58 bits per heavy atom. The van der Waals surface area contributed by atoms with Gasteiger partial charge in [0.05, 0.1) is 11.4 Å².